The third-order valence-corrected chi connectivity index (χ3v) is 6.43. The molecule has 3 aromatic rings. The van der Waals surface area contributed by atoms with Gasteiger partial charge in [-0.1, -0.05) is 24.3 Å². The van der Waals surface area contributed by atoms with E-state index in [1.807, 2.05) is 29.2 Å². The van der Waals surface area contributed by atoms with E-state index in [4.69, 9.17) is 4.42 Å². The van der Waals surface area contributed by atoms with E-state index in [-0.39, 0.29) is 23.3 Å². The van der Waals surface area contributed by atoms with Crippen molar-refractivity contribution in [2.24, 2.45) is 0 Å². The largest absolute Gasteiger partial charge is 0.423 e. The van der Waals surface area contributed by atoms with Crippen LogP contribution in [0, 0.1) is 0 Å². The van der Waals surface area contributed by atoms with Gasteiger partial charge in [-0.25, -0.2) is 13.1 Å². The van der Waals surface area contributed by atoms with Crippen LogP contribution in [0.25, 0.3) is 11.1 Å². The minimum Gasteiger partial charge on any atom is -0.423 e. The Morgan fingerprint density at radius 2 is 1.96 bits per heavy atom. The number of anilines is 1. The first-order chi connectivity index (χ1) is 13.4. The first-order valence-electron chi connectivity index (χ1n) is 9.17. The molecule has 1 aliphatic rings. The zero-order chi connectivity index (χ0) is 19.7. The number of Topliss-reactive ketones (excluding diaryl/α,β-unsaturated/α-hetero) is 1. The number of oxazole rings is 1. The average Bonchev–Trinajstić information content (AvgIpc) is 3.32. The second kappa shape index (κ2) is 7.37. The average molecular weight is 399 g/mol. The van der Waals surface area contributed by atoms with Crippen molar-refractivity contribution in [1.82, 2.24) is 9.71 Å². The lowest BCUT2D eigenvalue weighted by molar-refractivity contribution is 0.101. The number of aromatic nitrogens is 1. The van der Waals surface area contributed by atoms with Crippen molar-refractivity contribution in [3.8, 4) is 0 Å². The quantitative estimate of drug-likeness (QED) is 0.641. The topological polar surface area (TPSA) is 92.5 Å². The zero-order valence-electron chi connectivity index (χ0n) is 15.5. The van der Waals surface area contributed by atoms with E-state index in [2.05, 4.69) is 9.71 Å². The summed E-state index contributed by atoms with van der Waals surface area (Å²) < 4.78 is 33.7. The molecule has 0 bridgehead atoms. The number of hydrogen-bond acceptors (Lipinski definition) is 6. The Kier molecular flexibility index (Phi) is 4.91. The maximum atomic E-state index is 12.6. The standard InChI is InChI=1S/C20H21N3O4S/c1-14(24)15-8-10-17(11-9-15)28(25,26)21-13-16-5-4-12-23(16)20-22-18-6-2-3-7-19(18)27-20/h2-3,6-11,16,21H,4-5,12-13H2,1H3. The number of hydrogen-bond donors (Lipinski definition) is 1. The van der Waals surface area contributed by atoms with Crippen LogP contribution in [0.2, 0.25) is 0 Å². The fraction of sp³-hybridized carbons (Fsp3) is 0.300. The Hall–Kier alpha value is -2.71. The fourth-order valence-electron chi connectivity index (χ4n) is 3.44. The predicted octanol–water partition coefficient (Wildman–Crippen LogP) is 2.98. The van der Waals surface area contributed by atoms with Gasteiger partial charge < -0.3 is 9.32 Å². The van der Waals surface area contributed by atoms with Crippen molar-refractivity contribution in [2.75, 3.05) is 18.0 Å². The van der Waals surface area contributed by atoms with Gasteiger partial charge in [0.2, 0.25) is 10.0 Å². The highest BCUT2D eigenvalue weighted by molar-refractivity contribution is 7.89. The number of sulfonamides is 1. The second-order valence-electron chi connectivity index (χ2n) is 6.89. The lowest BCUT2D eigenvalue weighted by Crippen LogP contribution is -2.40. The number of nitrogens with zero attached hydrogens (tertiary/aromatic N) is 2. The molecule has 1 fully saturated rings. The van der Waals surface area contributed by atoms with Gasteiger partial charge in [0.1, 0.15) is 5.52 Å². The van der Waals surface area contributed by atoms with Crippen LogP contribution in [0.15, 0.2) is 57.8 Å². The Balaban J connectivity index is 1.47. The summed E-state index contributed by atoms with van der Waals surface area (Å²) in [6.07, 6.45) is 1.79. The summed E-state index contributed by atoms with van der Waals surface area (Å²) in [5.74, 6) is -0.100. The second-order valence-corrected chi connectivity index (χ2v) is 8.65. The normalized spacial score (nSPS) is 17.3. The van der Waals surface area contributed by atoms with E-state index < -0.39 is 10.0 Å². The van der Waals surface area contributed by atoms with Crippen LogP contribution in [0.3, 0.4) is 0 Å². The molecular formula is C20H21N3O4S. The smallest absolute Gasteiger partial charge is 0.298 e. The van der Waals surface area contributed by atoms with E-state index in [1.165, 1.54) is 31.2 Å². The van der Waals surface area contributed by atoms with Crippen LogP contribution in [-0.2, 0) is 10.0 Å². The van der Waals surface area contributed by atoms with Gasteiger partial charge in [0.25, 0.3) is 6.01 Å². The lowest BCUT2D eigenvalue weighted by atomic mass is 10.2. The van der Waals surface area contributed by atoms with E-state index in [0.29, 0.717) is 17.2 Å². The molecular weight excluding hydrogens is 378 g/mol. The maximum absolute atomic E-state index is 12.6. The van der Waals surface area contributed by atoms with Crippen LogP contribution in [0.5, 0.6) is 0 Å². The van der Waals surface area contributed by atoms with Crippen LogP contribution < -0.4 is 9.62 Å². The highest BCUT2D eigenvalue weighted by Gasteiger charge is 2.29. The van der Waals surface area contributed by atoms with Crippen molar-refractivity contribution < 1.29 is 17.6 Å². The molecule has 0 aliphatic carbocycles. The van der Waals surface area contributed by atoms with Crippen LogP contribution in [0.1, 0.15) is 30.1 Å². The molecule has 1 aliphatic heterocycles. The van der Waals surface area contributed by atoms with Crippen molar-refractivity contribution in [1.29, 1.82) is 0 Å². The third kappa shape index (κ3) is 3.65. The van der Waals surface area contributed by atoms with Crippen molar-refractivity contribution in [2.45, 2.75) is 30.7 Å². The third-order valence-electron chi connectivity index (χ3n) is 4.99. The Labute approximate surface area is 163 Å². The van der Waals surface area contributed by atoms with Gasteiger partial charge in [-0.2, -0.15) is 4.98 Å². The molecule has 0 radical (unpaired) electrons. The number of ketones is 1. The lowest BCUT2D eigenvalue weighted by Gasteiger charge is -2.23. The summed E-state index contributed by atoms with van der Waals surface area (Å²) >= 11 is 0. The Morgan fingerprint density at radius 3 is 2.68 bits per heavy atom. The summed E-state index contributed by atoms with van der Waals surface area (Å²) in [6, 6.07) is 14.0. The molecule has 1 atom stereocenters. The van der Waals surface area contributed by atoms with Crippen LogP contribution >= 0.6 is 0 Å². The number of nitrogens with one attached hydrogen (secondary N) is 1. The molecule has 1 unspecified atom stereocenters. The summed E-state index contributed by atoms with van der Waals surface area (Å²) in [4.78, 5) is 18.0. The number of carbonyl (C=O) groups is 1. The summed E-state index contributed by atoms with van der Waals surface area (Å²) in [5, 5.41) is 0. The van der Waals surface area contributed by atoms with Crippen molar-refractivity contribution >= 4 is 32.9 Å². The van der Waals surface area contributed by atoms with E-state index in [1.54, 1.807) is 0 Å². The minimum absolute atomic E-state index is 0.0284. The summed E-state index contributed by atoms with van der Waals surface area (Å²) in [7, 11) is -3.66. The van der Waals surface area contributed by atoms with E-state index >= 15 is 0 Å². The number of rotatable bonds is 6. The number of benzene rings is 2. The fourth-order valence-corrected chi connectivity index (χ4v) is 4.51. The monoisotopic (exact) mass is 399 g/mol. The molecule has 1 aromatic heterocycles. The molecule has 0 saturated carbocycles. The van der Waals surface area contributed by atoms with Gasteiger partial charge in [0.05, 0.1) is 4.90 Å². The number of carbonyl (C=O) groups excluding carboxylic acids is 1. The SMILES string of the molecule is CC(=O)c1ccc(S(=O)(=O)NCC2CCCN2c2nc3ccccc3o2)cc1. The molecule has 1 N–H and O–H groups in total. The first-order valence-corrected chi connectivity index (χ1v) is 10.7. The van der Waals surface area contributed by atoms with Gasteiger partial charge in [-0.15, -0.1) is 0 Å². The van der Waals surface area contributed by atoms with Crippen LogP contribution in [0.4, 0.5) is 6.01 Å². The predicted molar refractivity (Wildman–Crippen MR) is 106 cm³/mol. The molecule has 7 nitrogen and oxygen atoms in total. The number of para-hydroxylation sites is 2. The van der Waals surface area contributed by atoms with E-state index in [9.17, 15) is 13.2 Å². The molecule has 146 valence electrons. The summed E-state index contributed by atoms with van der Waals surface area (Å²) in [5.41, 5.74) is 1.99. The van der Waals surface area contributed by atoms with Gasteiger partial charge >= 0.3 is 0 Å². The Bertz CT molecular complexity index is 1070. The van der Waals surface area contributed by atoms with Gasteiger partial charge in [-0.05, 0) is 44.0 Å². The number of fused-ring (bicyclic) bond motifs is 1. The highest BCUT2D eigenvalue weighted by atomic mass is 32.2. The molecule has 28 heavy (non-hydrogen) atoms. The summed E-state index contributed by atoms with van der Waals surface area (Å²) in [6.45, 7) is 2.48. The van der Waals surface area contributed by atoms with Crippen LogP contribution in [-0.4, -0.2) is 38.3 Å². The molecule has 1 saturated heterocycles. The van der Waals surface area contributed by atoms with Crippen molar-refractivity contribution in [3.63, 3.8) is 0 Å². The molecule has 2 aromatic carbocycles. The molecule has 0 spiro atoms. The molecule has 4 rings (SSSR count). The maximum Gasteiger partial charge on any atom is 0.298 e. The van der Waals surface area contributed by atoms with E-state index in [0.717, 1.165) is 24.9 Å². The van der Waals surface area contributed by atoms with Gasteiger partial charge in [0, 0.05) is 24.7 Å². The van der Waals surface area contributed by atoms with Gasteiger partial charge in [-0.3, -0.25) is 4.79 Å². The van der Waals surface area contributed by atoms with Gasteiger partial charge in [0.15, 0.2) is 11.4 Å². The minimum atomic E-state index is -3.66. The zero-order valence-corrected chi connectivity index (χ0v) is 16.3. The first kappa shape index (κ1) is 18.6. The van der Waals surface area contributed by atoms with Crippen molar-refractivity contribution in [3.05, 3.63) is 54.1 Å². The highest BCUT2D eigenvalue weighted by Crippen LogP contribution is 2.28. The Morgan fingerprint density at radius 1 is 1.21 bits per heavy atom. The molecule has 8 heteroatoms. The molecule has 0 amide bonds. The molecule has 2 heterocycles.